The highest BCUT2D eigenvalue weighted by molar-refractivity contribution is 9.13. The molecule has 0 saturated carbocycles. The molecule has 1 rings (SSSR count). The Bertz CT molecular complexity index is 417. The zero-order valence-corrected chi connectivity index (χ0v) is 12.7. The molecule has 0 bridgehead atoms. The molecule has 0 fully saturated rings. The lowest BCUT2D eigenvalue weighted by Gasteiger charge is -2.13. The van der Waals surface area contributed by atoms with Crippen LogP contribution in [0, 0.1) is 17.2 Å². The Morgan fingerprint density at radius 2 is 2.19 bits per heavy atom. The Hall–Kier alpha value is -0.380. The third-order valence-electron chi connectivity index (χ3n) is 1.96. The summed E-state index contributed by atoms with van der Waals surface area (Å²) in [6, 6.07) is 3.36. The predicted octanol–water partition coefficient (Wildman–Crippen LogP) is 3.55. The lowest BCUT2D eigenvalue weighted by Crippen LogP contribution is -2.36. The maximum Gasteiger partial charge on any atom is 0.262 e. The van der Waals surface area contributed by atoms with E-state index in [-0.39, 0.29) is 11.8 Å². The average molecular weight is 366 g/mol. The van der Waals surface area contributed by atoms with Crippen LogP contribution >= 0.6 is 43.2 Å². The standard InChI is InChI=1S/C10H10Br2N2OS/c1-5(2)7(4-13)14-10(15)8-3-6(11)9(12)16-8/h3,5,7H,1-2H3,(H,14,15). The van der Waals surface area contributed by atoms with E-state index in [4.69, 9.17) is 5.26 Å². The van der Waals surface area contributed by atoms with Crippen LogP contribution in [0.25, 0.3) is 0 Å². The van der Waals surface area contributed by atoms with E-state index in [9.17, 15) is 4.79 Å². The van der Waals surface area contributed by atoms with Gasteiger partial charge in [0.15, 0.2) is 0 Å². The second kappa shape index (κ2) is 5.80. The van der Waals surface area contributed by atoms with E-state index in [0.29, 0.717) is 4.88 Å². The fourth-order valence-corrected chi connectivity index (χ4v) is 2.96. The number of hydrogen-bond donors (Lipinski definition) is 1. The third-order valence-corrected chi connectivity index (χ3v) is 5.22. The van der Waals surface area contributed by atoms with Crippen molar-refractivity contribution in [1.82, 2.24) is 5.32 Å². The molecule has 1 aromatic rings. The second-order valence-electron chi connectivity index (χ2n) is 3.56. The molecule has 1 aromatic heterocycles. The van der Waals surface area contributed by atoms with E-state index in [2.05, 4.69) is 43.2 Å². The van der Waals surface area contributed by atoms with E-state index < -0.39 is 6.04 Å². The Kier molecular flexibility index (Phi) is 4.96. The molecule has 6 heteroatoms. The first-order chi connectivity index (χ1) is 7.45. The van der Waals surface area contributed by atoms with Crippen LogP contribution in [0.1, 0.15) is 23.5 Å². The smallest absolute Gasteiger partial charge is 0.262 e. The Morgan fingerprint density at radius 1 is 1.56 bits per heavy atom. The van der Waals surface area contributed by atoms with Gasteiger partial charge in [-0.3, -0.25) is 4.79 Å². The minimum atomic E-state index is -0.452. The van der Waals surface area contributed by atoms with Crippen LogP contribution < -0.4 is 5.32 Å². The number of carbonyl (C=O) groups is 1. The van der Waals surface area contributed by atoms with Crippen molar-refractivity contribution < 1.29 is 4.79 Å². The molecule has 0 aliphatic carbocycles. The van der Waals surface area contributed by atoms with E-state index in [0.717, 1.165) is 8.26 Å². The zero-order chi connectivity index (χ0) is 12.3. The first-order valence-corrected chi connectivity index (χ1v) is 7.01. The molecule has 1 unspecified atom stereocenters. The van der Waals surface area contributed by atoms with Gasteiger partial charge >= 0.3 is 0 Å². The molecule has 0 saturated heterocycles. The molecule has 0 aromatic carbocycles. The van der Waals surface area contributed by atoms with Crippen molar-refractivity contribution in [2.45, 2.75) is 19.9 Å². The summed E-state index contributed by atoms with van der Waals surface area (Å²) in [7, 11) is 0. The highest BCUT2D eigenvalue weighted by Crippen LogP contribution is 2.32. The molecule has 1 N–H and O–H groups in total. The van der Waals surface area contributed by atoms with Gasteiger partial charge in [-0.15, -0.1) is 11.3 Å². The summed E-state index contributed by atoms with van der Waals surface area (Å²) in [4.78, 5) is 12.4. The quantitative estimate of drug-likeness (QED) is 0.890. The van der Waals surface area contributed by atoms with Crippen molar-refractivity contribution in [3.8, 4) is 6.07 Å². The van der Waals surface area contributed by atoms with Gasteiger partial charge in [0.1, 0.15) is 6.04 Å². The summed E-state index contributed by atoms with van der Waals surface area (Å²) >= 11 is 7.97. The number of halogens is 2. The molecule has 0 aliphatic heterocycles. The summed E-state index contributed by atoms with van der Waals surface area (Å²) in [6.45, 7) is 3.79. The molecule has 0 radical (unpaired) electrons. The van der Waals surface area contributed by atoms with Gasteiger partial charge in [-0.1, -0.05) is 13.8 Å². The Labute approximate surface area is 115 Å². The van der Waals surface area contributed by atoms with Gasteiger partial charge in [0.25, 0.3) is 5.91 Å². The molecule has 1 atom stereocenters. The molecule has 0 spiro atoms. The van der Waals surface area contributed by atoms with Crippen molar-refractivity contribution in [3.63, 3.8) is 0 Å². The molecule has 1 heterocycles. The number of rotatable bonds is 3. The highest BCUT2D eigenvalue weighted by Gasteiger charge is 2.18. The van der Waals surface area contributed by atoms with Crippen molar-refractivity contribution >= 4 is 49.1 Å². The van der Waals surface area contributed by atoms with E-state index in [1.807, 2.05) is 13.8 Å². The number of carbonyl (C=O) groups excluding carboxylic acids is 1. The predicted molar refractivity (Wildman–Crippen MR) is 71.4 cm³/mol. The minimum Gasteiger partial charge on any atom is -0.335 e. The number of nitriles is 1. The van der Waals surface area contributed by atoms with Crippen LogP contribution in [0.5, 0.6) is 0 Å². The SMILES string of the molecule is CC(C)C(C#N)NC(=O)c1cc(Br)c(Br)s1. The first-order valence-electron chi connectivity index (χ1n) is 4.61. The molecule has 86 valence electrons. The molecule has 0 aliphatic rings. The summed E-state index contributed by atoms with van der Waals surface area (Å²) in [6.07, 6.45) is 0. The van der Waals surface area contributed by atoms with E-state index >= 15 is 0 Å². The van der Waals surface area contributed by atoms with Gasteiger partial charge in [-0.2, -0.15) is 5.26 Å². The largest absolute Gasteiger partial charge is 0.335 e. The minimum absolute atomic E-state index is 0.0980. The summed E-state index contributed by atoms with van der Waals surface area (Å²) in [5, 5.41) is 11.6. The van der Waals surface area contributed by atoms with E-state index in [1.54, 1.807) is 6.07 Å². The van der Waals surface area contributed by atoms with Gasteiger partial charge in [0, 0.05) is 4.47 Å². The maximum atomic E-state index is 11.8. The van der Waals surface area contributed by atoms with Crippen molar-refractivity contribution in [2.24, 2.45) is 5.92 Å². The Balaban J connectivity index is 2.76. The van der Waals surface area contributed by atoms with Crippen LogP contribution in [0.4, 0.5) is 0 Å². The maximum absolute atomic E-state index is 11.8. The van der Waals surface area contributed by atoms with Gasteiger partial charge in [0.2, 0.25) is 0 Å². The molecule has 3 nitrogen and oxygen atoms in total. The van der Waals surface area contributed by atoms with Crippen molar-refractivity contribution in [3.05, 3.63) is 19.2 Å². The monoisotopic (exact) mass is 364 g/mol. The normalized spacial score (nSPS) is 12.2. The summed E-state index contributed by atoms with van der Waals surface area (Å²) in [5.41, 5.74) is 0. The number of nitrogens with one attached hydrogen (secondary N) is 1. The molecular formula is C10H10Br2N2OS. The van der Waals surface area contributed by atoms with Crippen LogP contribution in [0.2, 0.25) is 0 Å². The second-order valence-corrected chi connectivity index (χ2v) is 6.78. The fourth-order valence-electron chi connectivity index (χ4n) is 1.02. The van der Waals surface area contributed by atoms with Gasteiger partial charge in [0.05, 0.1) is 14.7 Å². The van der Waals surface area contributed by atoms with Crippen LogP contribution in [0.3, 0.4) is 0 Å². The van der Waals surface area contributed by atoms with Crippen molar-refractivity contribution in [2.75, 3.05) is 0 Å². The number of hydrogen-bond acceptors (Lipinski definition) is 3. The average Bonchev–Trinajstić information content (AvgIpc) is 2.55. The lowest BCUT2D eigenvalue weighted by atomic mass is 10.1. The van der Waals surface area contributed by atoms with Crippen molar-refractivity contribution in [1.29, 1.82) is 5.26 Å². The van der Waals surface area contributed by atoms with E-state index in [1.165, 1.54) is 11.3 Å². The summed E-state index contributed by atoms with van der Waals surface area (Å²) < 4.78 is 1.72. The topological polar surface area (TPSA) is 52.9 Å². The fraction of sp³-hybridized carbons (Fsp3) is 0.400. The highest BCUT2D eigenvalue weighted by atomic mass is 79.9. The van der Waals surface area contributed by atoms with Gasteiger partial charge in [-0.25, -0.2) is 0 Å². The van der Waals surface area contributed by atoms with Gasteiger partial charge in [-0.05, 0) is 43.8 Å². The first kappa shape index (κ1) is 13.7. The van der Waals surface area contributed by atoms with Gasteiger partial charge < -0.3 is 5.32 Å². The van der Waals surface area contributed by atoms with Crippen LogP contribution in [0.15, 0.2) is 14.3 Å². The Morgan fingerprint density at radius 3 is 2.56 bits per heavy atom. The zero-order valence-electron chi connectivity index (χ0n) is 8.75. The number of amides is 1. The number of thiophene rings is 1. The number of nitrogens with zero attached hydrogens (tertiary/aromatic N) is 1. The molecular weight excluding hydrogens is 356 g/mol. The lowest BCUT2D eigenvalue weighted by molar-refractivity contribution is 0.0941. The summed E-state index contributed by atoms with van der Waals surface area (Å²) in [5.74, 6) is -0.113. The third kappa shape index (κ3) is 3.30. The van der Waals surface area contributed by atoms with Crippen LogP contribution in [-0.2, 0) is 0 Å². The molecule has 1 amide bonds. The van der Waals surface area contributed by atoms with Crippen LogP contribution in [-0.4, -0.2) is 11.9 Å². The molecule has 16 heavy (non-hydrogen) atoms.